The maximum Gasteiger partial charge on any atom is 0.339 e. The first-order valence-corrected chi connectivity index (χ1v) is 8.29. The monoisotopic (exact) mass is 298 g/mol. The summed E-state index contributed by atoms with van der Waals surface area (Å²) < 4.78 is 23.3. The van der Waals surface area contributed by atoms with Gasteiger partial charge in [0.2, 0.25) is 0 Å². The van der Waals surface area contributed by atoms with Gasteiger partial charge in [-0.2, -0.15) is 0 Å². The predicted molar refractivity (Wildman–Crippen MR) is 76.2 cm³/mol. The van der Waals surface area contributed by atoms with Crippen LogP contribution in [0.15, 0.2) is 6.07 Å². The highest BCUT2D eigenvalue weighted by atomic mass is 32.2. The van der Waals surface area contributed by atoms with E-state index in [1.54, 1.807) is 24.8 Å². The van der Waals surface area contributed by atoms with E-state index >= 15 is 0 Å². The van der Waals surface area contributed by atoms with Crippen LogP contribution in [0.5, 0.6) is 0 Å². The van der Waals surface area contributed by atoms with Gasteiger partial charge < -0.3 is 10.0 Å². The molecule has 1 aromatic heterocycles. The molecular weight excluding hydrogens is 280 g/mol. The lowest BCUT2D eigenvalue weighted by atomic mass is 10.1. The van der Waals surface area contributed by atoms with Crippen LogP contribution in [-0.2, 0) is 9.84 Å². The Morgan fingerprint density at radius 3 is 2.65 bits per heavy atom. The van der Waals surface area contributed by atoms with Crippen LogP contribution < -0.4 is 4.90 Å². The molecule has 1 fully saturated rings. The third-order valence-electron chi connectivity index (χ3n) is 3.39. The molecule has 0 amide bonds. The first-order valence-electron chi connectivity index (χ1n) is 6.47. The van der Waals surface area contributed by atoms with Gasteiger partial charge in [-0.05, 0) is 31.9 Å². The second kappa shape index (κ2) is 5.40. The van der Waals surface area contributed by atoms with Crippen LogP contribution in [0.2, 0.25) is 0 Å². The average molecular weight is 298 g/mol. The molecule has 7 heteroatoms. The Bertz CT molecular complexity index is 640. The van der Waals surface area contributed by atoms with Crippen molar-refractivity contribution in [2.45, 2.75) is 20.3 Å². The van der Waals surface area contributed by atoms with Gasteiger partial charge in [-0.25, -0.2) is 18.2 Å². The Balaban J connectivity index is 2.44. The SMILES string of the molecule is Cc1cc(C)c(C(=O)O)c(N2CCCS(=O)(=O)CC2)n1. The van der Waals surface area contributed by atoms with E-state index in [4.69, 9.17) is 0 Å². The largest absolute Gasteiger partial charge is 0.478 e. The number of aromatic nitrogens is 1. The van der Waals surface area contributed by atoms with Gasteiger partial charge in [0, 0.05) is 18.8 Å². The second-order valence-electron chi connectivity index (χ2n) is 5.08. The van der Waals surface area contributed by atoms with Crippen molar-refractivity contribution in [3.8, 4) is 0 Å². The van der Waals surface area contributed by atoms with Crippen LogP contribution >= 0.6 is 0 Å². The highest BCUT2D eigenvalue weighted by Crippen LogP contribution is 2.24. The summed E-state index contributed by atoms with van der Waals surface area (Å²) in [6.07, 6.45) is 0.496. The minimum Gasteiger partial charge on any atom is -0.478 e. The molecule has 0 aliphatic carbocycles. The molecule has 110 valence electrons. The smallest absolute Gasteiger partial charge is 0.339 e. The Labute approximate surface area is 118 Å². The van der Waals surface area contributed by atoms with Crippen molar-refractivity contribution in [1.82, 2.24) is 4.98 Å². The van der Waals surface area contributed by atoms with Gasteiger partial charge in [-0.15, -0.1) is 0 Å². The zero-order chi connectivity index (χ0) is 14.9. The summed E-state index contributed by atoms with van der Waals surface area (Å²) in [6, 6.07) is 1.72. The number of nitrogens with zero attached hydrogens (tertiary/aromatic N) is 2. The molecule has 2 rings (SSSR count). The molecule has 0 unspecified atom stereocenters. The van der Waals surface area contributed by atoms with Crippen molar-refractivity contribution in [2.24, 2.45) is 0 Å². The predicted octanol–water partition coefficient (Wildman–Crippen LogP) is 1.02. The van der Waals surface area contributed by atoms with Crippen molar-refractivity contribution in [2.75, 3.05) is 29.5 Å². The van der Waals surface area contributed by atoms with E-state index in [1.165, 1.54) is 0 Å². The van der Waals surface area contributed by atoms with E-state index in [0.717, 1.165) is 5.69 Å². The first kappa shape index (κ1) is 14.8. The van der Waals surface area contributed by atoms with Crippen molar-refractivity contribution in [1.29, 1.82) is 0 Å². The van der Waals surface area contributed by atoms with Crippen LogP contribution in [0.25, 0.3) is 0 Å². The van der Waals surface area contributed by atoms with Crippen LogP contribution in [-0.4, -0.2) is 49.1 Å². The van der Waals surface area contributed by atoms with Gasteiger partial charge in [0.25, 0.3) is 0 Å². The number of hydrogen-bond donors (Lipinski definition) is 1. The Kier molecular flexibility index (Phi) is 3.99. The Morgan fingerprint density at radius 2 is 2.00 bits per heavy atom. The fraction of sp³-hybridized carbons (Fsp3) is 0.538. The topological polar surface area (TPSA) is 87.6 Å². The molecule has 6 nitrogen and oxygen atoms in total. The molecule has 0 radical (unpaired) electrons. The molecule has 2 heterocycles. The van der Waals surface area contributed by atoms with Gasteiger partial charge in [0.15, 0.2) is 9.84 Å². The molecule has 1 N–H and O–H groups in total. The maximum atomic E-state index is 11.6. The summed E-state index contributed by atoms with van der Waals surface area (Å²) in [4.78, 5) is 17.5. The molecule has 1 aliphatic heterocycles. The van der Waals surface area contributed by atoms with E-state index in [9.17, 15) is 18.3 Å². The number of aryl methyl sites for hydroxylation is 2. The molecule has 0 spiro atoms. The van der Waals surface area contributed by atoms with Crippen molar-refractivity contribution >= 4 is 21.6 Å². The number of anilines is 1. The number of aromatic carboxylic acids is 1. The minimum atomic E-state index is -3.03. The highest BCUT2D eigenvalue weighted by molar-refractivity contribution is 7.91. The summed E-state index contributed by atoms with van der Waals surface area (Å²) in [5.74, 6) is -0.457. The third kappa shape index (κ3) is 3.09. The molecule has 0 atom stereocenters. The first-order chi connectivity index (χ1) is 9.30. The standard InChI is InChI=1S/C13H18N2O4S/c1-9-8-10(2)14-12(11(9)13(16)17)15-4-3-6-20(18,19)7-5-15/h8H,3-7H2,1-2H3,(H,16,17). The van der Waals surface area contributed by atoms with Gasteiger partial charge >= 0.3 is 5.97 Å². The van der Waals surface area contributed by atoms with Crippen LogP contribution in [0.4, 0.5) is 5.82 Å². The van der Waals surface area contributed by atoms with Crippen molar-refractivity contribution in [3.63, 3.8) is 0 Å². The number of rotatable bonds is 2. The second-order valence-corrected chi connectivity index (χ2v) is 7.38. The quantitative estimate of drug-likeness (QED) is 0.877. The maximum absolute atomic E-state index is 11.6. The lowest BCUT2D eigenvalue weighted by molar-refractivity contribution is 0.0696. The Morgan fingerprint density at radius 1 is 1.30 bits per heavy atom. The van der Waals surface area contributed by atoms with Crippen molar-refractivity contribution in [3.05, 3.63) is 22.9 Å². The number of carboxylic acids is 1. The fourth-order valence-corrected chi connectivity index (χ4v) is 3.73. The van der Waals surface area contributed by atoms with E-state index in [1.807, 2.05) is 0 Å². The fourth-order valence-electron chi connectivity index (χ4n) is 2.46. The zero-order valence-corrected chi connectivity index (χ0v) is 12.4. The summed E-state index contributed by atoms with van der Waals surface area (Å²) in [6.45, 7) is 4.33. The summed E-state index contributed by atoms with van der Waals surface area (Å²) in [7, 11) is -3.03. The van der Waals surface area contributed by atoms with Crippen LogP contribution in [0.1, 0.15) is 28.0 Å². The van der Waals surface area contributed by atoms with Gasteiger partial charge in [-0.3, -0.25) is 0 Å². The summed E-state index contributed by atoms with van der Waals surface area (Å²) in [5.41, 5.74) is 1.54. The number of hydrogen-bond acceptors (Lipinski definition) is 5. The number of sulfone groups is 1. The molecule has 1 aliphatic rings. The molecule has 20 heavy (non-hydrogen) atoms. The Hall–Kier alpha value is -1.63. The molecule has 0 aromatic carbocycles. The molecule has 1 aromatic rings. The lowest BCUT2D eigenvalue weighted by Gasteiger charge is -2.23. The third-order valence-corrected chi connectivity index (χ3v) is 5.11. The number of carboxylic acid groups (broad SMARTS) is 1. The average Bonchev–Trinajstić information content (AvgIpc) is 2.48. The number of carbonyl (C=O) groups is 1. The molecular formula is C13H18N2O4S. The molecule has 0 saturated carbocycles. The minimum absolute atomic E-state index is 0.0424. The summed E-state index contributed by atoms with van der Waals surface area (Å²) in [5, 5.41) is 9.36. The summed E-state index contributed by atoms with van der Waals surface area (Å²) >= 11 is 0. The van der Waals surface area contributed by atoms with Gasteiger partial charge in [0.1, 0.15) is 11.4 Å². The van der Waals surface area contributed by atoms with Crippen LogP contribution in [0.3, 0.4) is 0 Å². The van der Waals surface area contributed by atoms with E-state index in [2.05, 4.69) is 4.98 Å². The number of pyridine rings is 1. The van der Waals surface area contributed by atoms with Crippen molar-refractivity contribution < 1.29 is 18.3 Å². The van der Waals surface area contributed by atoms with Gasteiger partial charge in [0.05, 0.1) is 11.5 Å². The lowest BCUT2D eigenvalue weighted by Crippen LogP contribution is -2.30. The van der Waals surface area contributed by atoms with Crippen LogP contribution in [0, 0.1) is 13.8 Å². The molecule has 0 bridgehead atoms. The van der Waals surface area contributed by atoms with E-state index in [-0.39, 0.29) is 17.1 Å². The van der Waals surface area contributed by atoms with E-state index in [0.29, 0.717) is 30.9 Å². The molecule has 1 saturated heterocycles. The normalized spacial score (nSPS) is 18.6. The highest BCUT2D eigenvalue weighted by Gasteiger charge is 2.25. The van der Waals surface area contributed by atoms with E-state index < -0.39 is 15.8 Å². The zero-order valence-electron chi connectivity index (χ0n) is 11.6. The van der Waals surface area contributed by atoms with Gasteiger partial charge in [-0.1, -0.05) is 0 Å².